The summed E-state index contributed by atoms with van der Waals surface area (Å²) in [5.74, 6) is 0.545. The van der Waals surface area contributed by atoms with Gasteiger partial charge >= 0.3 is 5.03 Å². The molecule has 0 fully saturated rings. The Morgan fingerprint density at radius 1 is 1.22 bits per heavy atom. The molecule has 9 nitrogen and oxygen atoms in total. The standard InChI is InChI=1S/C17H16N6O3S/c1-26-11-10-19-15-13-4-2-3-5-14(13)23-16(20-15)17(21-22-23)27(24,25)12-6-8-18-9-7-12/h2-9H,10-11H2,1H3,(H-,19,20,24,25). The molecule has 27 heavy (non-hydrogen) atoms. The van der Waals surface area contributed by atoms with E-state index in [2.05, 4.69) is 25.6 Å². The average Bonchev–Trinajstić information content (AvgIpc) is 3.14. The second kappa shape index (κ2) is 6.99. The van der Waals surface area contributed by atoms with Crippen LogP contribution in [0.3, 0.4) is 0 Å². The molecule has 0 aliphatic rings. The minimum Gasteiger partial charge on any atom is -0.604 e. The number of nitrogens with one attached hydrogen (secondary N) is 1. The van der Waals surface area contributed by atoms with Gasteiger partial charge in [0.25, 0.3) is 0 Å². The summed E-state index contributed by atoms with van der Waals surface area (Å²) in [6, 6.07) is 10.3. The highest BCUT2D eigenvalue weighted by Crippen LogP contribution is 2.30. The molecule has 0 aliphatic heterocycles. The first-order valence-electron chi connectivity index (χ1n) is 8.15. The number of fused-ring (bicyclic) bond motifs is 3. The Bertz CT molecular complexity index is 1150. The fourth-order valence-corrected chi connectivity index (χ4v) is 3.97. The summed E-state index contributed by atoms with van der Waals surface area (Å²) in [6.45, 7) is 1.01. The van der Waals surface area contributed by atoms with Crippen LogP contribution in [0.5, 0.6) is 0 Å². The zero-order valence-corrected chi connectivity index (χ0v) is 15.2. The number of rotatable bonds is 6. The van der Waals surface area contributed by atoms with Crippen molar-refractivity contribution in [3.63, 3.8) is 0 Å². The lowest BCUT2D eigenvalue weighted by Crippen LogP contribution is -2.14. The van der Waals surface area contributed by atoms with Crippen LogP contribution in [0.1, 0.15) is 0 Å². The molecule has 3 heterocycles. The second-order valence-corrected chi connectivity index (χ2v) is 7.58. The second-order valence-electron chi connectivity index (χ2n) is 5.71. The van der Waals surface area contributed by atoms with E-state index >= 15 is 0 Å². The fraction of sp³-hybridized carbons (Fsp3) is 0.176. The van der Waals surface area contributed by atoms with Crippen LogP contribution in [0, 0.1) is 0 Å². The smallest absolute Gasteiger partial charge is 0.317 e. The van der Waals surface area contributed by atoms with Crippen molar-refractivity contribution in [3.8, 4) is 0 Å². The molecule has 4 aromatic rings. The van der Waals surface area contributed by atoms with Crippen molar-refractivity contribution in [2.45, 2.75) is 9.92 Å². The number of sulfone groups is 1. The van der Waals surface area contributed by atoms with Crippen LogP contribution < -0.4 is 5.32 Å². The van der Waals surface area contributed by atoms with Gasteiger partial charge in [-0.15, -0.1) is 0 Å². The molecule has 138 valence electrons. The zero-order chi connectivity index (χ0) is 18.9. The number of aromatic nitrogens is 5. The number of para-hydroxylation sites is 1. The summed E-state index contributed by atoms with van der Waals surface area (Å²) >= 11 is 0. The Morgan fingerprint density at radius 2 is 2.00 bits per heavy atom. The van der Waals surface area contributed by atoms with E-state index in [4.69, 9.17) is 4.74 Å². The number of nitrogens with zero attached hydrogens (tertiary/aromatic N) is 5. The van der Waals surface area contributed by atoms with E-state index in [1.807, 2.05) is 24.3 Å². The van der Waals surface area contributed by atoms with Crippen molar-refractivity contribution >= 4 is 32.6 Å². The Labute approximate surface area is 155 Å². The van der Waals surface area contributed by atoms with Crippen molar-refractivity contribution in [2.24, 2.45) is 0 Å². The molecule has 0 bridgehead atoms. The maximum Gasteiger partial charge on any atom is 0.317 e. The fourth-order valence-electron chi connectivity index (χ4n) is 2.75. The van der Waals surface area contributed by atoms with Gasteiger partial charge in [-0.25, -0.2) is 4.98 Å². The number of ether oxygens (including phenoxy) is 1. The molecule has 1 N–H and O–H groups in total. The summed E-state index contributed by atoms with van der Waals surface area (Å²) in [6.07, 6.45) is 2.83. The van der Waals surface area contributed by atoms with E-state index in [-0.39, 0.29) is 15.6 Å². The van der Waals surface area contributed by atoms with Crippen LogP contribution in [0.2, 0.25) is 0 Å². The Hall–Kier alpha value is -2.95. The SMILES string of the molecule is COCCNc1nc2c([S+](=O)([O-])c3ccncc3)nnn2c2ccccc12. The van der Waals surface area contributed by atoms with Crippen LogP contribution in [0.15, 0.2) is 58.7 Å². The van der Waals surface area contributed by atoms with Gasteiger partial charge in [0, 0.05) is 43.6 Å². The normalized spacial score (nSPS) is 13.7. The number of pyridine rings is 1. The van der Waals surface area contributed by atoms with Gasteiger partial charge in [0.2, 0.25) is 5.65 Å². The summed E-state index contributed by atoms with van der Waals surface area (Å²) < 4.78 is 32.5. The minimum atomic E-state index is -3.88. The van der Waals surface area contributed by atoms with Crippen LogP contribution in [0.4, 0.5) is 5.82 Å². The number of hydrogen-bond acceptors (Lipinski definition) is 8. The third-order valence-corrected chi connectivity index (χ3v) is 5.70. The Morgan fingerprint density at radius 3 is 2.78 bits per heavy atom. The quantitative estimate of drug-likeness (QED) is 0.395. The van der Waals surface area contributed by atoms with Gasteiger partial charge in [-0.2, -0.15) is 4.52 Å². The highest BCUT2D eigenvalue weighted by molar-refractivity contribution is 7.97. The Balaban J connectivity index is 1.93. The van der Waals surface area contributed by atoms with Gasteiger partial charge in [0.1, 0.15) is 16.0 Å². The molecule has 0 amide bonds. The maximum absolute atomic E-state index is 13.0. The van der Waals surface area contributed by atoms with E-state index in [1.165, 1.54) is 29.0 Å². The van der Waals surface area contributed by atoms with Crippen molar-refractivity contribution in [3.05, 3.63) is 48.8 Å². The zero-order valence-electron chi connectivity index (χ0n) is 14.4. The molecular formula is C17H16N6O3S. The number of hydrogen-bond donors (Lipinski definition) is 1. The van der Waals surface area contributed by atoms with Crippen molar-refractivity contribution in [1.29, 1.82) is 0 Å². The molecule has 1 aromatic carbocycles. The third kappa shape index (κ3) is 3.03. The molecule has 1 unspecified atom stereocenters. The van der Waals surface area contributed by atoms with Crippen molar-refractivity contribution < 1.29 is 13.5 Å². The van der Waals surface area contributed by atoms with Crippen molar-refractivity contribution in [1.82, 2.24) is 24.8 Å². The highest BCUT2D eigenvalue weighted by Gasteiger charge is 2.32. The van der Waals surface area contributed by atoms with Gasteiger partial charge < -0.3 is 14.6 Å². The first-order chi connectivity index (χ1) is 13.1. The minimum absolute atomic E-state index is 0.0868. The summed E-state index contributed by atoms with van der Waals surface area (Å²) in [5.41, 5.74) is 0.858. The molecule has 0 radical (unpaired) electrons. The monoisotopic (exact) mass is 384 g/mol. The molecule has 0 spiro atoms. The number of benzene rings is 1. The molecule has 0 saturated carbocycles. The van der Waals surface area contributed by atoms with Gasteiger partial charge in [-0.05, 0) is 12.1 Å². The first kappa shape index (κ1) is 17.5. The average molecular weight is 384 g/mol. The lowest BCUT2D eigenvalue weighted by atomic mass is 10.2. The summed E-state index contributed by atoms with van der Waals surface area (Å²) in [5, 5.41) is 11.7. The summed E-state index contributed by atoms with van der Waals surface area (Å²) in [4.78, 5) is 8.45. The van der Waals surface area contributed by atoms with E-state index in [1.54, 1.807) is 7.11 Å². The third-order valence-electron chi connectivity index (χ3n) is 4.04. The molecule has 10 heteroatoms. The van der Waals surface area contributed by atoms with Crippen LogP contribution in [0.25, 0.3) is 16.6 Å². The van der Waals surface area contributed by atoms with Crippen LogP contribution in [-0.4, -0.2) is 49.6 Å². The highest BCUT2D eigenvalue weighted by atomic mass is 32.3. The van der Waals surface area contributed by atoms with E-state index < -0.39 is 10.2 Å². The van der Waals surface area contributed by atoms with Crippen LogP contribution >= 0.6 is 0 Å². The van der Waals surface area contributed by atoms with Gasteiger partial charge in [-0.1, -0.05) is 26.7 Å². The van der Waals surface area contributed by atoms with Gasteiger partial charge in [-0.3, -0.25) is 4.98 Å². The van der Waals surface area contributed by atoms with Crippen LogP contribution in [-0.2, 0) is 19.2 Å². The molecular weight excluding hydrogens is 368 g/mol. The predicted molar refractivity (Wildman–Crippen MR) is 98.3 cm³/mol. The van der Waals surface area contributed by atoms with E-state index in [0.717, 1.165) is 5.39 Å². The lowest BCUT2D eigenvalue weighted by molar-refractivity contribution is 0.210. The van der Waals surface area contributed by atoms with Crippen molar-refractivity contribution in [2.75, 3.05) is 25.6 Å². The molecule has 0 saturated heterocycles. The summed E-state index contributed by atoms with van der Waals surface area (Å²) in [7, 11) is -2.27. The molecule has 1 atom stereocenters. The number of anilines is 1. The first-order valence-corrected chi connectivity index (χ1v) is 9.63. The largest absolute Gasteiger partial charge is 0.604 e. The van der Waals surface area contributed by atoms with Gasteiger partial charge in [0.05, 0.1) is 12.1 Å². The predicted octanol–water partition coefficient (Wildman–Crippen LogP) is 1.78. The number of methoxy groups -OCH3 is 1. The van der Waals surface area contributed by atoms with E-state index in [0.29, 0.717) is 24.5 Å². The Kier molecular flexibility index (Phi) is 4.52. The lowest BCUT2D eigenvalue weighted by Gasteiger charge is -2.12. The topological polar surface area (TPSA) is 117 Å². The van der Waals surface area contributed by atoms with E-state index in [9.17, 15) is 8.76 Å². The molecule has 4 rings (SSSR count). The maximum atomic E-state index is 13.0. The molecule has 3 aromatic heterocycles. The molecule has 0 aliphatic carbocycles. The van der Waals surface area contributed by atoms with Gasteiger partial charge in [0.15, 0.2) is 4.90 Å².